The summed E-state index contributed by atoms with van der Waals surface area (Å²) in [7, 11) is 1.85. The summed E-state index contributed by atoms with van der Waals surface area (Å²) in [6.45, 7) is 0.173. The molecule has 2 N–H and O–H groups in total. The fourth-order valence-electron chi connectivity index (χ4n) is 1.72. The number of aliphatic hydroxyl groups excluding tert-OH is 1. The van der Waals surface area contributed by atoms with Crippen LogP contribution in [0, 0.1) is 0 Å². The van der Waals surface area contributed by atoms with Crippen LogP contribution in [0.15, 0.2) is 47.4 Å². The standard InChI is InChI=1S/C14H16N2O3/c1-16-7-2-3-12(16)13(17)9-15-14(18)5-4-11-6-8-19-10-11/h2-8,10,13,17H,9H2,1H3,(H,15,18)/b5-4+. The molecular formula is C14H16N2O3. The summed E-state index contributed by atoms with van der Waals surface area (Å²) in [6, 6.07) is 5.42. The number of aliphatic hydroxyl groups is 1. The van der Waals surface area contributed by atoms with Crippen molar-refractivity contribution >= 4 is 12.0 Å². The zero-order valence-electron chi connectivity index (χ0n) is 10.6. The van der Waals surface area contributed by atoms with Gasteiger partial charge in [0, 0.05) is 37.1 Å². The molecule has 2 rings (SSSR count). The lowest BCUT2D eigenvalue weighted by molar-refractivity contribution is -0.116. The van der Waals surface area contributed by atoms with Crippen molar-refractivity contribution in [3.05, 3.63) is 54.3 Å². The van der Waals surface area contributed by atoms with Gasteiger partial charge in [-0.3, -0.25) is 4.79 Å². The number of carbonyl (C=O) groups excluding carboxylic acids is 1. The van der Waals surface area contributed by atoms with Crippen LogP contribution in [0.3, 0.4) is 0 Å². The highest BCUT2D eigenvalue weighted by molar-refractivity contribution is 5.91. The van der Waals surface area contributed by atoms with Gasteiger partial charge in [-0.25, -0.2) is 0 Å². The summed E-state index contributed by atoms with van der Waals surface area (Å²) in [5.41, 5.74) is 1.58. The minimum atomic E-state index is -0.716. The van der Waals surface area contributed by atoms with Crippen LogP contribution in [-0.2, 0) is 11.8 Å². The van der Waals surface area contributed by atoms with E-state index in [0.29, 0.717) is 0 Å². The Kier molecular flexibility index (Phi) is 4.20. The van der Waals surface area contributed by atoms with Crippen molar-refractivity contribution in [2.24, 2.45) is 7.05 Å². The van der Waals surface area contributed by atoms with Gasteiger partial charge in [-0.05, 0) is 24.3 Å². The number of hydrogen-bond donors (Lipinski definition) is 2. The molecule has 1 unspecified atom stereocenters. The van der Waals surface area contributed by atoms with Crippen LogP contribution in [0.25, 0.3) is 6.08 Å². The van der Waals surface area contributed by atoms with E-state index < -0.39 is 6.10 Å². The van der Waals surface area contributed by atoms with E-state index in [9.17, 15) is 9.90 Å². The van der Waals surface area contributed by atoms with E-state index >= 15 is 0 Å². The van der Waals surface area contributed by atoms with Crippen LogP contribution >= 0.6 is 0 Å². The van der Waals surface area contributed by atoms with Crippen molar-refractivity contribution in [1.82, 2.24) is 9.88 Å². The van der Waals surface area contributed by atoms with E-state index in [0.717, 1.165) is 11.3 Å². The third kappa shape index (κ3) is 3.59. The number of aryl methyl sites for hydroxylation is 1. The quantitative estimate of drug-likeness (QED) is 0.800. The van der Waals surface area contributed by atoms with E-state index in [1.807, 2.05) is 29.9 Å². The third-order valence-electron chi connectivity index (χ3n) is 2.77. The lowest BCUT2D eigenvalue weighted by atomic mass is 10.2. The van der Waals surface area contributed by atoms with Crippen LogP contribution in [-0.4, -0.2) is 22.1 Å². The molecule has 2 aromatic rings. The molecule has 0 saturated carbocycles. The fourth-order valence-corrected chi connectivity index (χ4v) is 1.72. The lowest BCUT2D eigenvalue weighted by Gasteiger charge is -2.12. The van der Waals surface area contributed by atoms with Crippen molar-refractivity contribution in [3.63, 3.8) is 0 Å². The summed E-state index contributed by atoms with van der Waals surface area (Å²) in [5, 5.41) is 12.6. The van der Waals surface area contributed by atoms with Gasteiger partial charge < -0.3 is 19.4 Å². The maximum Gasteiger partial charge on any atom is 0.244 e. The second-order valence-electron chi connectivity index (χ2n) is 4.19. The number of carbonyl (C=O) groups is 1. The molecule has 0 saturated heterocycles. The van der Waals surface area contributed by atoms with Gasteiger partial charge in [-0.2, -0.15) is 0 Å². The molecule has 0 aliphatic carbocycles. The SMILES string of the molecule is Cn1cccc1C(O)CNC(=O)/C=C/c1ccoc1. The molecule has 0 radical (unpaired) electrons. The molecule has 0 bridgehead atoms. The number of furan rings is 1. The monoisotopic (exact) mass is 260 g/mol. The molecule has 0 aromatic carbocycles. The number of nitrogens with one attached hydrogen (secondary N) is 1. The first kappa shape index (κ1) is 13.2. The smallest absolute Gasteiger partial charge is 0.244 e. The van der Waals surface area contributed by atoms with Crippen molar-refractivity contribution in [2.75, 3.05) is 6.54 Å². The highest BCUT2D eigenvalue weighted by atomic mass is 16.3. The van der Waals surface area contributed by atoms with Crippen LogP contribution in [0.4, 0.5) is 0 Å². The van der Waals surface area contributed by atoms with Gasteiger partial charge in [0.25, 0.3) is 0 Å². The predicted octanol–water partition coefficient (Wildman–Crippen LogP) is 1.48. The van der Waals surface area contributed by atoms with Gasteiger partial charge in [-0.15, -0.1) is 0 Å². The second-order valence-corrected chi connectivity index (χ2v) is 4.19. The molecule has 1 atom stereocenters. The van der Waals surface area contributed by atoms with E-state index in [1.165, 1.54) is 12.3 Å². The molecule has 5 nitrogen and oxygen atoms in total. The number of nitrogens with zero attached hydrogens (tertiary/aromatic N) is 1. The minimum absolute atomic E-state index is 0.173. The highest BCUT2D eigenvalue weighted by Crippen LogP contribution is 2.11. The molecule has 0 aliphatic heterocycles. The first-order valence-electron chi connectivity index (χ1n) is 5.94. The highest BCUT2D eigenvalue weighted by Gasteiger charge is 2.10. The average Bonchev–Trinajstić information content (AvgIpc) is 3.04. The molecule has 0 spiro atoms. The lowest BCUT2D eigenvalue weighted by Crippen LogP contribution is -2.27. The number of aromatic nitrogens is 1. The zero-order valence-corrected chi connectivity index (χ0v) is 10.6. The average molecular weight is 260 g/mol. The summed E-state index contributed by atoms with van der Waals surface area (Å²) in [5.74, 6) is -0.255. The molecule has 19 heavy (non-hydrogen) atoms. The van der Waals surface area contributed by atoms with E-state index in [-0.39, 0.29) is 12.5 Å². The normalized spacial score (nSPS) is 12.7. The van der Waals surface area contributed by atoms with Crippen LogP contribution in [0.5, 0.6) is 0 Å². The van der Waals surface area contributed by atoms with Crippen molar-refractivity contribution in [2.45, 2.75) is 6.10 Å². The molecule has 2 aromatic heterocycles. The molecular weight excluding hydrogens is 244 g/mol. The Morgan fingerprint density at radius 1 is 1.58 bits per heavy atom. The van der Waals surface area contributed by atoms with Crippen LogP contribution in [0.2, 0.25) is 0 Å². The first-order valence-corrected chi connectivity index (χ1v) is 5.94. The first-order chi connectivity index (χ1) is 9.16. The summed E-state index contributed by atoms with van der Waals surface area (Å²) >= 11 is 0. The number of amides is 1. The molecule has 0 aliphatic rings. The number of hydrogen-bond acceptors (Lipinski definition) is 3. The fraction of sp³-hybridized carbons (Fsp3) is 0.214. The maximum atomic E-state index is 11.6. The summed E-state index contributed by atoms with van der Waals surface area (Å²) < 4.78 is 6.70. The van der Waals surface area contributed by atoms with Gasteiger partial charge >= 0.3 is 0 Å². The molecule has 1 amide bonds. The zero-order chi connectivity index (χ0) is 13.7. The Balaban J connectivity index is 1.82. The molecule has 0 fully saturated rings. The molecule has 5 heteroatoms. The van der Waals surface area contributed by atoms with Gasteiger partial charge in [0.15, 0.2) is 0 Å². The number of rotatable bonds is 5. The van der Waals surface area contributed by atoms with Gasteiger partial charge in [0.1, 0.15) is 6.10 Å². The largest absolute Gasteiger partial charge is 0.472 e. The van der Waals surface area contributed by atoms with E-state index in [4.69, 9.17) is 4.42 Å². The Morgan fingerprint density at radius 3 is 3.05 bits per heavy atom. The topological polar surface area (TPSA) is 67.4 Å². The van der Waals surface area contributed by atoms with E-state index in [2.05, 4.69) is 5.32 Å². The van der Waals surface area contributed by atoms with E-state index in [1.54, 1.807) is 18.4 Å². The summed E-state index contributed by atoms with van der Waals surface area (Å²) in [4.78, 5) is 11.6. The van der Waals surface area contributed by atoms with Crippen molar-refractivity contribution in [3.8, 4) is 0 Å². The second kappa shape index (κ2) is 6.06. The Morgan fingerprint density at radius 2 is 2.42 bits per heavy atom. The minimum Gasteiger partial charge on any atom is -0.472 e. The van der Waals surface area contributed by atoms with Crippen LogP contribution in [0.1, 0.15) is 17.4 Å². The van der Waals surface area contributed by atoms with Crippen molar-refractivity contribution in [1.29, 1.82) is 0 Å². The predicted molar refractivity (Wildman–Crippen MR) is 71.1 cm³/mol. The maximum absolute atomic E-state index is 11.6. The van der Waals surface area contributed by atoms with Crippen molar-refractivity contribution < 1.29 is 14.3 Å². The molecule has 100 valence electrons. The van der Waals surface area contributed by atoms with Gasteiger partial charge in [0.2, 0.25) is 5.91 Å². The van der Waals surface area contributed by atoms with Gasteiger partial charge in [0.05, 0.1) is 12.5 Å². The third-order valence-corrected chi connectivity index (χ3v) is 2.77. The Hall–Kier alpha value is -2.27. The Bertz CT molecular complexity index is 555. The van der Waals surface area contributed by atoms with Gasteiger partial charge in [-0.1, -0.05) is 0 Å². The molecule has 2 heterocycles. The van der Waals surface area contributed by atoms with Crippen LogP contribution < -0.4 is 5.32 Å². The Labute approximate surface area is 111 Å². The summed E-state index contributed by atoms with van der Waals surface area (Å²) in [6.07, 6.45) is 7.26.